The van der Waals surface area contributed by atoms with Crippen LogP contribution in [0.5, 0.6) is 0 Å². The van der Waals surface area contributed by atoms with E-state index >= 15 is 0 Å². The van der Waals surface area contributed by atoms with Crippen molar-refractivity contribution in [3.63, 3.8) is 0 Å². The third-order valence-corrected chi connectivity index (χ3v) is 8.81. The maximum absolute atomic E-state index is 11.1. The first-order valence-corrected chi connectivity index (χ1v) is 14.1. The summed E-state index contributed by atoms with van der Waals surface area (Å²) in [4.78, 5) is 0. The fraction of sp³-hybridized carbons (Fsp3) is 1.00. The molecule has 35 heavy (non-hydrogen) atoms. The average Bonchev–Trinajstić information content (AvgIpc) is 3.07. The highest BCUT2D eigenvalue weighted by Gasteiger charge is 2.66. The van der Waals surface area contributed by atoms with Gasteiger partial charge < -0.3 is 29.4 Å². The molecule has 0 aromatic rings. The molecule has 7 fully saturated rings. The lowest BCUT2D eigenvalue weighted by Crippen LogP contribution is -2.62. The van der Waals surface area contributed by atoms with Crippen LogP contribution >= 0.6 is 0 Å². The van der Waals surface area contributed by atoms with Gasteiger partial charge in [0.05, 0.1) is 6.61 Å². The third kappa shape index (κ3) is 5.18. The van der Waals surface area contributed by atoms with E-state index in [1.807, 2.05) is 0 Å². The molecule has 202 valence electrons. The summed E-state index contributed by atoms with van der Waals surface area (Å²) in [6.07, 6.45) is 6.77. The molecule has 7 aliphatic rings. The summed E-state index contributed by atoms with van der Waals surface area (Å²) in [6.45, 7) is 11.6. The second-order valence-electron chi connectivity index (χ2n) is 13.5. The van der Waals surface area contributed by atoms with Gasteiger partial charge in [0.25, 0.3) is 0 Å². The summed E-state index contributed by atoms with van der Waals surface area (Å²) in [5.74, 6) is -2.24. The Labute approximate surface area is 208 Å². The van der Waals surface area contributed by atoms with Gasteiger partial charge in [0.15, 0.2) is 11.6 Å². The number of hydrogen-bond donors (Lipinski definition) is 2. The summed E-state index contributed by atoms with van der Waals surface area (Å²) in [5, 5.41) is 4.89. The lowest BCUT2D eigenvalue weighted by Gasteiger charge is -2.64. The zero-order valence-corrected chi connectivity index (χ0v) is 22.6. The van der Waals surface area contributed by atoms with Gasteiger partial charge in [-0.1, -0.05) is 13.8 Å². The second-order valence-corrected chi connectivity index (χ2v) is 14.8. The average molecular weight is 519 g/mol. The Hall–Kier alpha value is -0.370. The quantitative estimate of drug-likeness (QED) is 0.575. The van der Waals surface area contributed by atoms with Gasteiger partial charge in [-0.15, -0.1) is 0 Å². The van der Waals surface area contributed by atoms with Crippen molar-refractivity contribution in [3.05, 3.63) is 0 Å². The van der Waals surface area contributed by atoms with E-state index in [4.69, 9.17) is 38.7 Å². The van der Waals surface area contributed by atoms with E-state index in [9.17, 15) is 8.42 Å². The van der Waals surface area contributed by atoms with E-state index in [0.29, 0.717) is 10.8 Å². The summed E-state index contributed by atoms with van der Waals surface area (Å²) in [5.41, 5.74) is 7.92. The van der Waals surface area contributed by atoms with Crippen molar-refractivity contribution in [3.8, 4) is 0 Å². The predicted molar refractivity (Wildman–Crippen MR) is 126 cm³/mol. The lowest BCUT2D eigenvalue weighted by molar-refractivity contribution is -0.290. The molecule has 11 heteroatoms. The Kier molecular flexibility index (Phi) is 5.87. The van der Waals surface area contributed by atoms with Crippen molar-refractivity contribution in [2.45, 2.75) is 121 Å². The van der Waals surface area contributed by atoms with Crippen LogP contribution in [0.25, 0.3) is 0 Å². The fourth-order valence-electron chi connectivity index (χ4n) is 8.65. The first-order valence-electron chi connectivity index (χ1n) is 12.7. The smallest absolute Gasteiger partial charge is 0.333 e. The second kappa shape index (κ2) is 7.83. The summed E-state index contributed by atoms with van der Waals surface area (Å²) < 4.78 is 55.9. The molecule has 0 spiro atoms. The molecule has 4 N–H and O–H groups in total. The SMILES string of the molecule is CC1(C)O[C@@H]2[C@@H](CO[C@@]3(COS(N)(=O)=O)OC(C)(C)O[C@@H]23)O1.C[C@]12CC3CC(N)(C1)C[C@@](C)(C3)C2. The van der Waals surface area contributed by atoms with Gasteiger partial charge in [-0.2, -0.15) is 8.42 Å². The van der Waals surface area contributed by atoms with Crippen LogP contribution in [0.1, 0.15) is 80.1 Å². The summed E-state index contributed by atoms with van der Waals surface area (Å²) in [7, 11) is -4.14. The zero-order valence-electron chi connectivity index (χ0n) is 21.8. The Balaban J connectivity index is 0.000000164. The first kappa shape index (κ1) is 26.2. The van der Waals surface area contributed by atoms with Gasteiger partial charge in [-0.05, 0) is 83.0 Å². The van der Waals surface area contributed by atoms with E-state index in [0.717, 1.165) is 5.92 Å². The van der Waals surface area contributed by atoms with Crippen LogP contribution in [0.2, 0.25) is 0 Å². The largest absolute Gasteiger partial charge is 0.343 e. The van der Waals surface area contributed by atoms with Crippen LogP contribution in [0.4, 0.5) is 0 Å². The molecule has 3 aliphatic heterocycles. The minimum absolute atomic E-state index is 0.165. The van der Waals surface area contributed by atoms with Crippen LogP contribution in [-0.2, 0) is 38.2 Å². The zero-order chi connectivity index (χ0) is 25.7. The highest BCUT2D eigenvalue weighted by molar-refractivity contribution is 7.84. The van der Waals surface area contributed by atoms with Gasteiger partial charge in [-0.3, -0.25) is 4.18 Å². The Morgan fingerprint density at radius 1 is 0.886 bits per heavy atom. The van der Waals surface area contributed by atoms with E-state index in [1.165, 1.54) is 38.5 Å². The topological polar surface area (TPSA) is 142 Å². The molecular weight excluding hydrogens is 476 g/mol. The molecule has 2 unspecified atom stereocenters. The number of hydrogen-bond acceptors (Lipinski definition) is 9. The van der Waals surface area contributed by atoms with E-state index in [1.54, 1.807) is 27.7 Å². The van der Waals surface area contributed by atoms with Gasteiger partial charge >= 0.3 is 10.3 Å². The van der Waals surface area contributed by atoms with Crippen LogP contribution in [-0.4, -0.2) is 62.8 Å². The molecule has 4 saturated carbocycles. The van der Waals surface area contributed by atoms with Crippen molar-refractivity contribution >= 4 is 10.3 Å². The van der Waals surface area contributed by atoms with Crippen molar-refractivity contribution in [1.82, 2.24) is 0 Å². The van der Waals surface area contributed by atoms with Gasteiger partial charge in [-0.25, -0.2) is 5.14 Å². The van der Waals surface area contributed by atoms with Gasteiger partial charge in [0.2, 0.25) is 5.79 Å². The molecule has 3 heterocycles. The molecule has 8 atom stereocenters. The van der Waals surface area contributed by atoms with E-state index < -0.39 is 46.5 Å². The van der Waals surface area contributed by atoms with Crippen molar-refractivity contribution in [1.29, 1.82) is 0 Å². The Bertz CT molecular complexity index is 920. The number of rotatable bonds is 3. The van der Waals surface area contributed by atoms with Crippen LogP contribution < -0.4 is 10.9 Å². The predicted octanol–water partition coefficient (Wildman–Crippen LogP) is 2.30. The maximum Gasteiger partial charge on any atom is 0.333 e. The lowest BCUT2D eigenvalue weighted by atomic mass is 9.43. The highest BCUT2D eigenvalue weighted by atomic mass is 32.2. The van der Waals surface area contributed by atoms with E-state index in [2.05, 4.69) is 13.8 Å². The van der Waals surface area contributed by atoms with Crippen molar-refractivity contribution in [2.24, 2.45) is 27.6 Å². The molecule has 4 aliphatic carbocycles. The summed E-state index contributed by atoms with van der Waals surface area (Å²) >= 11 is 0. The molecule has 3 saturated heterocycles. The standard InChI is InChI=1S/C12H21NO8S.C12H21N/c1-10(2)18-7-5-16-12(6-17-22(13,14)15)9(8(7)19-10)20-11(3,4)21-12;1-10-3-9-4-11(2,6-10)8-12(13,5-9)7-10/h7-9H,5-6H2,1-4H3,(H2,13,14,15);9H,3-8,13H2,1-2H3/t7-,8-,9+,12+;9?,10-,11+,12?/m1./s1. The number of ether oxygens (including phenoxy) is 5. The van der Waals surface area contributed by atoms with Gasteiger partial charge in [0, 0.05) is 5.54 Å². The number of nitrogens with two attached hydrogens (primary N) is 2. The normalized spacial score (nSPS) is 50.9. The Morgan fingerprint density at radius 2 is 1.51 bits per heavy atom. The minimum atomic E-state index is -4.14. The molecule has 0 radical (unpaired) electrons. The minimum Gasteiger partial charge on any atom is -0.343 e. The van der Waals surface area contributed by atoms with Crippen molar-refractivity contribution < 1.29 is 36.3 Å². The molecule has 0 aromatic heterocycles. The third-order valence-electron chi connectivity index (χ3n) is 8.37. The molecule has 7 rings (SSSR count). The van der Waals surface area contributed by atoms with Crippen molar-refractivity contribution in [2.75, 3.05) is 13.2 Å². The fourth-order valence-corrected chi connectivity index (χ4v) is 8.98. The van der Waals surface area contributed by atoms with E-state index in [-0.39, 0.29) is 18.2 Å². The van der Waals surface area contributed by atoms with Gasteiger partial charge in [0.1, 0.15) is 24.9 Å². The molecule has 4 bridgehead atoms. The van der Waals surface area contributed by atoms with Crippen LogP contribution in [0, 0.1) is 16.7 Å². The molecule has 0 aromatic carbocycles. The number of fused-ring (bicyclic) bond motifs is 3. The Morgan fingerprint density at radius 3 is 2.06 bits per heavy atom. The molecular formula is C24H42N2O8S. The summed E-state index contributed by atoms with van der Waals surface area (Å²) in [6, 6.07) is 0. The molecule has 10 nitrogen and oxygen atoms in total. The monoisotopic (exact) mass is 518 g/mol. The van der Waals surface area contributed by atoms with Crippen LogP contribution in [0.3, 0.4) is 0 Å². The maximum atomic E-state index is 11.1. The highest BCUT2D eigenvalue weighted by Crippen LogP contribution is 2.65. The molecule has 0 amide bonds. The first-order chi connectivity index (χ1) is 15.8. The van der Waals surface area contributed by atoms with Crippen LogP contribution in [0.15, 0.2) is 0 Å².